The van der Waals surface area contributed by atoms with Crippen LogP contribution in [0.1, 0.15) is 13.8 Å². The van der Waals surface area contributed by atoms with Crippen LogP contribution in [0.4, 0.5) is 0 Å². The molecule has 2 atom stereocenters. The Morgan fingerprint density at radius 3 is 2.36 bits per heavy atom. The normalized spacial score (nSPS) is 31.5. The summed E-state index contributed by atoms with van der Waals surface area (Å²) in [5.74, 6) is 0.392. The monoisotopic (exact) mass is 176 g/mol. The molecule has 0 saturated heterocycles. The summed E-state index contributed by atoms with van der Waals surface area (Å²) in [5.41, 5.74) is 13.9. The van der Waals surface area contributed by atoms with Gasteiger partial charge >= 0.3 is 0 Å². The second kappa shape index (κ2) is 3.30. The first-order valence-corrected chi connectivity index (χ1v) is 3.37. The lowest BCUT2D eigenvalue weighted by atomic mass is 10.1. The fraction of sp³-hybridized carbons (Fsp3) is 1.00. The van der Waals surface area contributed by atoms with Crippen LogP contribution in [0.25, 0.3) is 10.4 Å². The SMILES string of the molecule is CC1(C)[C@H](CN=[N+]=[N-])[C@@H]1N.Cl. The van der Waals surface area contributed by atoms with Crippen LogP contribution in [0.5, 0.6) is 0 Å². The number of rotatable bonds is 2. The maximum Gasteiger partial charge on any atom is 0.0306 e. The molecule has 4 nitrogen and oxygen atoms in total. The second-order valence-corrected chi connectivity index (χ2v) is 3.37. The van der Waals surface area contributed by atoms with Crippen molar-refractivity contribution < 1.29 is 0 Å². The Labute approximate surface area is 72.2 Å². The summed E-state index contributed by atoms with van der Waals surface area (Å²) in [6.07, 6.45) is 0. The minimum Gasteiger partial charge on any atom is -0.327 e. The number of hydrogen-bond acceptors (Lipinski definition) is 2. The lowest BCUT2D eigenvalue weighted by molar-refractivity contribution is 0.557. The Morgan fingerprint density at radius 2 is 2.09 bits per heavy atom. The first-order valence-electron chi connectivity index (χ1n) is 3.37. The molecular weight excluding hydrogens is 164 g/mol. The molecule has 0 heterocycles. The molecule has 0 unspecified atom stereocenters. The van der Waals surface area contributed by atoms with Crippen LogP contribution in [0.3, 0.4) is 0 Å². The average Bonchev–Trinajstić information content (AvgIpc) is 2.31. The smallest absolute Gasteiger partial charge is 0.0306 e. The Kier molecular flexibility index (Phi) is 3.17. The summed E-state index contributed by atoms with van der Waals surface area (Å²) in [6.45, 7) is 4.73. The third kappa shape index (κ3) is 1.77. The van der Waals surface area contributed by atoms with Gasteiger partial charge in [-0.1, -0.05) is 19.0 Å². The third-order valence-corrected chi connectivity index (χ3v) is 2.48. The maximum absolute atomic E-state index is 8.02. The predicted molar refractivity (Wildman–Crippen MR) is 46.5 cm³/mol. The molecule has 0 aromatic carbocycles. The highest BCUT2D eigenvalue weighted by Gasteiger charge is 2.54. The van der Waals surface area contributed by atoms with Crippen LogP contribution in [0.2, 0.25) is 0 Å². The van der Waals surface area contributed by atoms with E-state index in [1.54, 1.807) is 0 Å². The van der Waals surface area contributed by atoms with Crippen LogP contribution in [-0.4, -0.2) is 12.6 Å². The van der Waals surface area contributed by atoms with Gasteiger partial charge in [-0.2, -0.15) is 0 Å². The van der Waals surface area contributed by atoms with Gasteiger partial charge in [0.25, 0.3) is 0 Å². The molecule has 1 aliphatic carbocycles. The molecule has 0 amide bonds. The zero-order chi connectivity index (χ0) is 7.78. The molecule has 11 heavy (non-hydrogen) atoms. The van der Waals surface area contributed by atoms with Crippen molar-refractivity contribution in [2.75, 3.05) is 6.54 Å². The molecule has 0 radical (unpaired) electrons. The number of nitrogens with two attached hydrogens (primary N) is 1. The summed E-state index contributed by atoms with van der Waals surface area (Å²) < 4.78 is 0. The first-order chi connectivity index (χ1) is 4.60. The van der Waals surface area contributed by atoms with Gasteiger partial charge in [0.15, 0.2) is 0 Å². The lowest BCUT2D eigenvalue weighted by Gasteiger charge is -1.95. The quantitative estimate of drug-likeness (QED) is 0.388. The molecule has 5 heteroatoms. The van der Waals surface area contributed by atoms with Crippen molar-refractivity contribution in [3.05, 3.63) is 10.4 Å². The van der Waals surface area contributed by atoms with E-state index in [1.165, 1.54) is 0 Å². The van der Waals surface area contributed by atoms with Crippen molar-refractivity contribution in [2.45, 2.75) is 19.9 Å². The summed E-state index contributed by atoms with van der Waals surface area (Å²) in [5, 5.41) is 3.48. The zero-order valence-electron chi connectivity index (χ0n) is 6.69. The highest BCUT2D eigenvalue weighted by molar-refractivity contribution is 5.85. The van der Waals surface area contributed by atoms with Crippen LogP contribution >= 0.6 is 12.4 Å². The minimum absolute atomic E-state index is 0. The van der Waals surface area contributed by atoms with Gasteiger partial charge in [-0.15, -0.1) is 12.4 Å². The molecular formula is C6H13ClN4. The lowest BCUT2D eigenvalue weighted by Crippen LogP contribution is -2.06. The van der Waals surface area contributed by atoms with E-state index in [4.69, 9.17) is 11.3 Å². The van der Waals surface area contributed by atoms with Gasteiger partial charge in [0.1, 0.15) is 0 Å². The first kappa shape index (κ1) is 10.6. The zero-order valence-corrected chi connectivity index (χ0v) is 7.51. The second-order valence-electron chi connectivity index (χ2n) is 3.37. The fourth-order valence-electron chi connectivity index (χ4n) is 1.26. The Bertz CT molecular complexity index is 185. The molecule has 64 valence electrons. The Balaban J connectivity index is 0.000001000. The molecule has 0 bridgehead atoms. The van der Waals surface area contributed by atoms with E-state index in [-0.39, 0.29) is 23.9 Å². The van der Waals surface area contributed by atoms with Gasteiger partial charge in [-0.25, -0.2) is 0 Å². The number of halogens is 1. The largest absolute Gasteiger partial charge is 0.327 e. The molecule has 0 aromatic heterocycles. The van der Waals surface area contributed by atoms with Crippen molar-refractivity contribution in [2.24, 2.45) is 22.2 Å². The van der Waals surface area contributed by atoms with Crippen molar-refractivity contribution in [1.29, 1.82) is 0 Å². The molecule has 1 aliphatic rings. The highest BCUT2D eigenvalue weighted by Crippen LogP contribution is 2.50. The van der Waals surface area contributed by atoms with E-state index < -0.39 is 0 Å². The molecule has 0 aromatic rings. The maximum atomic E-state index is 8.02. The van der Waals surface area contributed by atoms with E-state index >= 15 is 0 Å². The summed E-state index contributed by atoms with van der Waals surface area (Å²) in [7, 11) is 0. The summed E-state index contributed by atoms with van der Waals surface area (Å²) >= 11 is 0. The van der Waals surface area contributed by atoms with Crippen LogP contribution in [0.15, 0.2) is 5.11 Å². The number of nitrogens with zero attached hydrogens (tertiary/aromatic N) is 3. The minimum atomic E-state index is 0. The molecule has 1 rings (SSSR count). The van der Waals surface area contributed by atoms with Crippen LogP contribution < -0.4 is 5.73 Å². The van der Waals surface area contributed by atoms with E-state index in [9.17, 15) is 0 Å². The van der Waals surface area contributed by atoms with Gasteiger partial charge in [-0.05, 0) is 16.9 Å². The van der Waals surface area contributed by atoms with Crippen molar-refractivity contribution in [3.8, 4) is 0 Å². The van der Waals surface area contributed by atoms with Crippen molar-refractivity contribution >= 4 is 12.4 Å². The van der Waals surface area contributed by atoms with Crippen LogP contribution in [-0.2, 0) is 0 Å². The molecule has 2 N–H and O–H groups in total. The van der Waals surface area contributed by atoms with Gasteiger partial charge in [-0.3, -0.25) is 0 Å². The Morgan fingerprint density at radius 1 is 1.64 bits per heavy atom. The molecule has 1 saturated carbocycles. The van der Waals surface area contributed by atoms with Crippen LogP contribution in [0, 0.1) is 11.3 Å². The van der Waals surface area contributed by atoms with E-state index in [1.807, 2.05) is 0 Å². The van der Waals surface area contributed by atoms with Gasteiger partial charge < -0.3 is 5.73 Å². The molecule has 1 fully saturated rings. The van der Waals surface area contributed by atoms with E-state index in [0.29, 0.717) is 12.5 Å². The summed E-state index contributed by atoms with van der Waals surface area (Å²) in [4.78, 5) is 2.69. The van der Waals surface area contributed by atoms with Crippen molar-refractivity contribution in [1.82, 2.24) is 0 Å². The topological polar surface area (TPSA) is 74.8 Å². The number of azide groups is 1. The van der Waals surface area contributed by atoms with Gasteiger partial charge in [0.05, 0.1) is 0 Å². The average molecular weight is 177 g/mol. The van der Waals surface area contributed by atoms with Gasteiger partial charge in [0.2, 0.25) is 0 Å². The number of hydrogen-bond donors (Lipinski definition) is 1. The van der Waals surface area contributed by atoms with E-state index in [2.05, 4.69) is 23.9 Å². The van der Waals surface area contributed by atoms with E-state index in [0.717, 1.165) is 0 Å². The molecule has 0 aliphatic heterocycles. The standard InChI is InChI=1S/C6H12N4.ClH/c1-6(2)4(5(6)7)3-9-10-8;/h4-5H,3,7H2,1-2H3;1H/t4-,5+;/m1./s1. The van der Waals surface area contributed by atoms with Crippen molar-refractivity contribution in [3.63, 3.8) is 0 Å². The fourth-order valence-corrected chi connectivity index (χ4v) is 1.26. The predicted octanol–water partition coefficient (Wildman–Crippen LogP) is 1.70. The highest BCUT2D eigenvalue weighted by atomic mass is 35.5. The van der Waals surface area contributed by atoms with Gasteiger partial charge in [0, 0.05) is 17.5 Å². The summed E-state index contributed by atoms with van der Waals surface area (Å²) in [6, 6.07) is 0.220. The Hall–Kier alpha value is -0.440. The third-order valence-electron chi connectivity index (χ3n) is 2.48. The molecule has 0 spiro atoms.